The Balaban J connectivity index is 1.20. The van der Waals surface area contributed by atoms with E-state index in [-0.39, 0.29) is 41.9 Å². The van der Waals surface area contributed by atoms with E-state index in [1.54, 1.807) is 0 Å². The van der Waals surface area contributed by atoms with Crippen LogP contribution in [0.3, 0.4) is 0 Å². The summed E-state index contributed by atoms with van der Waals surface area (Å²) in [5, 5.41) is 5.37. The molecule has 2 aliphatic heterocycles. The highest BCUT2D eigenvalue weighted by molar-refractivity contribution is 6.01. The van der Waals surface area contributed by atoms with Crippen molar-refractivity contribution < 1.29 is 23.5 Å². The van der Waals surface area contributed by atoms with E-state index in [1.165, 1.54) is 6.07 Å². The Hall–Kier alpha value is -2.48. The molecule has 2 N–H and O–H groups in total. The predicted molar refractivity (Wildman–Crippen MR) is 136 cm³/mol. The number of likely N-dealkylation sites (tertiary alicyclic amines) is 1. The van der Waals surface area contributed by atoms with Crippen LogP contribution >= 0.6 is 0 Å². The van der Waals surface area contributed by atoms with Crippen molar-refractivity contribution in [1.29, 1.82) is 0 Å². The van der Waals surface area contributed by atoms with Crippen LogP contribution in [-0.4, -0.2) is 55.0 Å². The molecular weight excluding hydrogens is 461 g/mol. The van der Waals surface area contributed by atoms with Crippen LogP contribution in [0, 0.1) is 23.6 Å². The number of ether oxygens (including phenoxy) is 1. The molecule has 2 heterocycles. The van der Waals surface area contributed by atoms with Crippen LogP contribution in [0.2, 0.25) is 0 Å². The third kappa shape index (κ3) is 7.05. The van der Waals surface area contributed by atoms with Crippen LogP contribution in [0.1, 0.15) is 76.7 Å². The maximum absolute atomic E-state index is 15.0. The molecule has 8 heteroatoms. The molecule has 36 heavy (non-hydrogen) atoms. The van der Waals surface area contributed by atoms with Gasteiger partial charge < -0.3 is 15.0 Å². The lowest BCUT2D eigenvalue weighted by molar-refractivity contribution is -0.151. The van der Waals surface area contributed by atoms with Gasteiger partial charge in [-0.1, -0.05) is 19.9 Å². The van der Waals surface area contributed by atoms with Crippen molar-refractivity contribution in [3.8, 4) is 0 Å². The second-order valence-electron chi connectivity index (χ2n) is 11.2. The van der Waals surface area contributed by atoms with Gasteiger partial charge in [0.1, 0.15) is 11.9 Å². The van der Waals surface area contributed by atoms with E-state index >= 15 is 0 Å². The quantitative estimate of drug-likeness (QED) is 0.410. The fourth-order valence-corrected chi connectivity index (χ4v) is 5.72. The normalized spacial score (nSPS) is 26.1. The number of carbonyl (C=O) groups excluding carboxylic acids is 3. The molecule has 1 aromatic carbocycles. The second-order valence-corrected chi connectivity index (χ2v) is 11.2. The molecule has 3 fully saturated rings. The van der Waals surface area contributed by atoms with E-state index in [4.69, 9.17) is 4.74 Å². The third-order valence-electron chi connectivity index (χ3n) is 7.86. The van der Waals surface area contributed by atoms with E-state index in [0.29, 0.717) is 30.6 Å². The molecule has 0 bridgehead atoms. The molecule has 4 rings (SSSR count). The van der Waals surface area contributed by atoms with Crippen molar-refractivity contribution in [2.75, 3.05) is 31.6 Å². The maximum Gasteiger partial charge on any atom is 0.308 e. The number of hydrogen-bond donors (Lipinski definition) is 2. The Morgan fingerprint density at radius 2 is 1.83 bits per heavy atom. The standard InChI is InChI=1S/C28H40FN3O4/c1-18(2)17-36-28(35)21-5-3-19(4-6-21)16-32-13-11-20(12-14-32)23-8-7-22(15-24(23)29)30-25-9-10-26(33)31-27(25)34/h7-8,15,18-21,25,30H,3-6,9-14,16-17H2,1-2H3,(H,31,33,34). The van der Waals surface area contributed by atoms with Crippen molar-refractivity contribution in [3.63, 3.8) is 0 Å². The van der Waals surface area contributed by atoms with Crippen molar-refractivity contribution in [2.24, 2.45) is 17.8 Å². The number of imide groups is 1. The van der Waals surface area contributed by atoms with Gasteiger partial charge in [0.05, 0.1) is 12.5 Å². The molecule has 198 valence electrons. The van der Waals surface area contributed by atoms with Crippen molar-refractivity contribution in [2.45, 2.75) is 77.2 Å². The van der Waals surface area contributed by atoms with Gasteiger partial charge in [0.25, 0.3) is 0 Å². The fraction of sp³-hybridized carbons (Fsp3) is 0.679. The number of hydrogen-bond acceptors (Lipinski definition) is 6. The first-order chi connectivity index (χ1) is 17.3. The van der Waals surface area contributed by atoms with Gasteiger partial charge in [-0.2, -0.15) is 0 Å². The van der Waals surface area contributed by atoms with Gasteiger partial charge in [0.2, 0.25) is 11.8 Å². The SMILES string of the molecule is CC(C)COC(=O)C1CCC(CN2CCC(c3ccc(NC4CCC(=O)NC4=O)cc3F)CC2)CC1. The average Bonchev–Trinajstić information content (AvgIpc) is 2.85. The molecule has 0 aromatic heterocycles. The van der Waals surface area contributed by atoms with Gasteiger partial charge in [0, 0.05) is 18.7 Å². The van der Waals surface area contributed by atoms with Gasteiger partial charge >= 0.3 is 5.97 Å². The van der Waals surface area contributed by atoms with E-state index < -0.39 is 6.04 Å². The smallest absolute Gasteiger partial charge is 0.308 e. The molecule has 0 radical (unpaired) electrons. The summed E-state index contributed by atoms with van der Waals surface area (Å²) in [5.41, 5.74) is 1.30. The fourth-order valence-electron chi connectivity index (χ4n) is 5.72. The summed E-state index contributed by atoms with van der Waals surface area (Å²) in [6, 6.07) is 4.62. The lowest BCUT2D eigenvalue weighted by Crippen LogP contribution is -2.47. The Morgan fingerprint density at radius 1 is 1.11 bits per heavy atom. The molecule has 1 atom stereocenters. The summed E-state index contributed by atoms with van der Waals surface area (Å²) in [5.74, 6) is 0.345. The zero-order valence-corrected chi connectivity index (χ0v) is 21.6. The minimum absolute atomic E-state index is 0.0247. The summed E-state index contributed by atoms with van der Waals surface area (Å²) in [6.07, 6.45) is 6.52. The summed E-state index contributed by atoms with van der Waals surface area (Å²) >= 11 is 0. The number of piperidine rings is 2. The Bertz CT molecular complexity index is 937. The highest BCUT2D eigenvalue weighted by atomic mass is 19.1. The van der Waals surface area contributed by atoms with Gasteiger partial charge in [-0.15, -0.1) is 0 Å². The van der Waals surface area contributed by atoms with Crippen molar-refractivity contribution >= 4 is 23.5 Å². The minimum Gasteiger partial charge on any atom is -0.465 e. The van der Waals surface area contributed by atoms with Gasteiger partial charge in [0.15, 0.2) is 0 Å². The molecule has 7 nitrogen and oxygen atoms in total. The van der Waals surface area contributed by atoms with Crippen LogP contribution in [0.4, 0.5) is 10.1 Å². The van der Waals surface area contributed by atoms with Crippen molar-refractivity contribution in [3.05, 3.63) is 29.6 Å². The first kappa shape index (κ1) is 26.6. The number of rotatable bonds is 8. The summed E-state index contributed by atoms with van der Waals surface area (Å²) in [4.78, 5) is 38.0. The molecule has 1 aromatic rings. The topological polar surface area (TPSA) is 87.7 Å². The van der Waals surface area contributed by atoms with Crippen LogP contribution in [0.25, 0.3) is 0 Å². The zero-order chi connectivity index (χ0) is 25.7. The summed E-state index contributed by atoms with van der Waals surface area (Å²) in [7, 11) is 0. The van der Waals surface area contributed by atoms with E-state index in [9.17, 15) is 18.8 Å². The summed E-state index contributed by atoms with van der Waals surface area (Å²) < 4.78 is 20.4. The van der Waals surface area contributed by atoms with Crippen LogP contribution in [0.15, 0.2) is 18.2 Å². The predicted octanol–water partition coefficient (Wildman–Crippen LogP) is 4.23. The number of carbonyl (C=O) groups is 3. The summed E-state index contributed by atoms with van der Waals surface area (Å²) in [6.45, 7) is 7.58. The Labute approximate surface area is 213 Å². The Morgan fingerprint density at radius 3 is 2.47 bits per heavy atom. The minimum atomic E-state index is -0.517. The maximum atomic E-state index is 15.0. The number of nitrogens with one attached hydrogen (secondary N) is 2. The molecule has 1 unspecified atom stereocenters. The number of benzene rings is 1. The first-order valence-electron chi connectivity index (χ1n) is 13.6. The largest absolute Gasteiger partial charge is 0.465 e. The van der Waals surface area contributed by atoms with Crippen molar-refractivity contribution in [1.82, 2.24) is 10.2 Å². The number of anilines is 1. The number of halogens is 1. The third-order valence-corrected chi connectivity index (χ3v) is 7.86. The number of esters is 1. The van der Waals surface area contributed by atoms with Gasteiger partial charge in [-0.3, -0.25) is 19.7 Å². The molecule has 1 saturated carbocycles. The highest BCUT2D eigenvalue weighted by Gasteiger charge is 2.31. The molecule has 0 spiro atoms. The number of nitrogens with zero attached hydrogens (tertiary/aromatic N) is 1. The highest BCUT2D eigenvalue weighted by Crippen LogP contribution is 2.34. The molecule has 2 saturated heterocycles. The zero-order valence-electron chi connectivity index (χ0n) is 21.6. The molecule has 3 aliphatic rings. The Kier molecular flexibility index (Phi) is 8.99. The van der Waals surface area contributed by atoms with Crippen LogP contribution in [0.5, 0.6) is 0 Å². The van der Waals surface area contributed by atoms with Gasteiger partial charge in [-0.05, 0) is 93.5 Å². The van der Waals surface area contributed by atoms with E-state index in [0.717, 1.165) is 63.7 Å². The van der Waals surface area contributed by atoms with E-state index in [2.05, 4.69) is 29.4 Å². The second kappa shape index (κ2) is 12.2. The monoisotopic (exact) mass is 501 g/mol. The lowest BCUT2D eigenvalue weighted by Gasteiger charge is -2.36. The molecule has 1 aliphatic carbocycles. The van der Waals surface area contributed by atoms with Crippen LogP contribution < -0.4 is 10.6 Å². The van der Waals surface area contributed by atoms with E-state index in [1.807, 2.05) is 12.1 Å². The van der Waals surface area contributed by atoms with Gasteiger partial charge in [-0.25, -0.2) is 4.39 Å². The molecule has 2 amide bonds. The first-order valence-corrected chi connectivity index (χ1v) is 13.6. The van der Waals surface area contributed by atoms with Crippen LogP contribution in [-0.2, 0) is 19.1 Å². The number of amides is 2. The molecular formula is C28H40FN3O4. The average molecular weight is 502 g/mol. The lowest BCUT2D eigenvalue weighted by atomic mass is 9.81.